The summed E-state index contributed by atoms with van der Waals surface area (Å²) < 4.78 is 7.49. The molecule has 0 saturated heterocycles. The summed E-state index contributed by atoms with van der Waals surface area (Å²) in [6, 6.07) is 9.61. The molecule has 1 aromatic carbocycles. The third kappa shape index (κ3) is 6.72. The predicted octanol–water partition coefficient (Wildman–Crippen LogP) is 3.50. The van der Waals surface area contributed by atoms with Gasteiger partial charge in [0.15, 0.2) is 5.11 Å². The summed E-state index contributed by atoms with van der Waals surface area (Å²) in [6.07, 6.45) is 6.44. The summed E-state index contributed by atoms with van der Waals surface area (Å²) in [5, 5.41) is 9.99. The van der Waals surface area contributed by atoms with E-state index < -0.39 is 0 Å². The number of ether oxygens (including phenoxy) is 1. The standard InChI is InChI=1S/C20H25N7OS/c1-3-28-17-7-5-16(6-8-17)24-18-13-15(2)23-19(25-18)26-20(29)22-9-4-11-27-12-10-21-14-27/h5-8,10,12-14H,3-4,9,11H2,1-2H3,(H3,22,23,24,25,26,29). The van der Waals surface area contributed by atoms with E-state index in [1.807, 2.05) is 54.9 Å². The van der Waals surface area contributed by atoms with Gasteiger partial charge in [-0.2, -0.15) is 4.98 Å². The van der Waals surface area contributed by atoms with Crippen LogP contribution in [0.2, 0.25) is 0 Å². The summed E-state index contributed by atoms with van der Waals surface area (Å²) in [6.45, 7) is 6.14. The molecule has 0 saturated carbocycles. The van der Waals surface area contributed by atoms with Crippen molar-refractivity contribution < 1.29 is 4.74 Å². The summed E-state index contributed by atoms with van der Waals surface area (Å²) >= 11 is 5.35. The van der Waals surface area contributed by atoms with Crippen molar-refractivity contribution in [2.75, 3.05) is 23.8 Å². The van der Waals surface area contributed by atoms with E-state index >= 15 is 0 Å². The van der Waals surface area contributed by atoms with Crippen LogP contribution in [0.3, 0.4) is 0 Å². The first kappa shape index (κ1) is 20.5. The maximum Gasteiger partial charge on any atom is 0.231 e. The molecule has 2 aromatic heterocycles. The lowest BCUT2D eigenvalue weighted by Crippen LogP contribution is -2.30. The van der Waals surface area contributed by atoms with Gasteiger partial charge in [-0.25, -0.2) is 9.97 Å². The SMILES string of the molecule is CCOc1ccc(Nc2cc(C)nc(NC(=S)NCCCn3ccnc3)n2)cc1. The molecule has 3 rings (SSSR count). The Hall–Kier alpha value is -3.20. The Morgan fingerprint density at radius 2 is 2.03 bits per heavy atom. The van der Waals surface area contributed by atoms with E-state index in [0.717, 1.165) is 36.6 Å². The van der Waals surface area contributed by atoms with Gasteiger partial charge in [-0.3, -0.25) is 0 Å². The molecule has 8 nitrogen and oxygen atoms in total. The average Bonchev–Trinajstić information content (AvgIpc) is 3.20. The van der Waals surface area contributed by atoms with E-state index in [0.29, 0.717) is 23.5 Å². The smallest absolute Gasteiger partial charge is 0.231 e. The Labute approximate surface area is 175 Å². The lowest BCUT2D eigenvalue weighted by Gasteiger charge is -2.12. The zero-order valence-corrected chi connectivity index (χ0v) is 17.4. The fourth-order valence-corrected chi connectivity index (χ4v) is 2.86. The van der Waals surface area contributed by atoms with Crippen LogP contribution in [0.1, 0.15) is 19.0 Å². The second kappa shape index (κ2) is 10.4. The van der Waals surface area contributed by atoms with E-state index in [1.54, 1.807) is 12.5 Å². The Bertz CT molecular complexity index is 913. The number of aromatic nitrogens is 4. The van der Waals surface area contributed by atoms with Gasteiger partial charge in [0.25, 0.3) is 0 Å². The van der Waals surface area contributed by atoms with Crippen molar-refractivity contribution in [2.24, 2.45) is 0 Å². The Morgan fingerprint density at radius 3 is 2.76 bits per heavy atom. The zero-order chi connectivity index (χ0) is 20.5. The van der Waals surface area contributed by atoms with Crippen LogP contribution in [0.4, 0.5) is 17.5 Å². The van der Waals surface area contributed by atoms with Gasteiger partial charge in [0.05, 0.1) is 12.9 Å². The van der Waals surface area contributed by atoms with Gasteiger partial charge in [-0.1, -0.05) is 0 Å². The van der Waals surface area contributed by atoms with E-state index in [-0.39, 0.29) is 0 Å². The summed E-state index contributed by atoms with van der Waals surface area (Å²) in [5.74, 6) is 1.97. The number of imidazole rings is 1. The van der Waals surface area contributed by atoms with Crippen LogP contribution in [0, 0.1) is 6.92 Å². The largest absolute Gasteiger partial charge is 0.494 e. The van der Waals surface area contributed by atoms with E-state index in [2.05, 4.69) is 30.9 Å². The van der Waals surface area contributed by atoms with Gasteiger partial charge in [0, 0.05) is 42.9 Å². The van der Waals surface area contributed by atoms with Gasteiger partial charge in [-0.15, -0.1) is 0 Å². The van der Waals surface area contributed by atoms with Crippen molar-refractivity contribution in [3.63, 3.8) is 0 Å². The van der Waals surface area contributed by atoms with Gasteiger partial charge < -0.3 is 25.3 Å². The monoisotopic (exact) mass is 411 g/mol. The minimum Gasteiger partial charge on any atom is -0.494 e. The van der Waals surface area contributed by atoms with E-state index in [9.17, 15) is 0 Å². The van der Waals surface area contributed by atoms with Gasteiger partial charge in [0.2, 0.25) is 5.95 Å². The third-order valence-electron chi connectivity index (χ3n) is 3.96. The zero-order valence-electron chi connectivity index (χ0n) is 16.6. The molecular formula is C20H25N7OS. The lowest BCUT2D eigenvalue weighted by atomic mass is 10.3. The highest BCUT2D eigenvalue weighted by atomic mass is 32.1. The van der Waals surface area contributed by atoms with Crippen LogP contribution in [0.25, 0.3) is 0 Å². The first-order valence-corrected chi connectivity index (χ1v) is 9.89. The number of aryl methyl sites for hydroxylation is 2. The van der Waals surface area contributed by atoms with Crippen LogP contribution in [0.15, 0.2) is 49.1 Å². The third-order valence-corrected chi connectivity index (χ3v) is 4.20. The molecule has 0 aliphatic heterocycles. The van der Waals surface area contributed by atoms with E-state index in [4.69, 9.17) is 17.0 Å². The van der Waals surface area contributed by atoms with Gasteiger partial charge in [-0.05, 0) is 56.8 Å². The molecule has 3 N–H and O–H groups in total. The minimum atomic E-state index is 0.450. The normalized spacial score (nSPS) is 10.4. The van der Waals surface area contributed by atoms with Crippen LogP contribution in [0.5, 0.6) is 5.75 Å². The van der Waals surface area contributed by atoms with Crippen molar-refractivity contribution in [3.05, 3.63) is 54.7 Å². The Balaban J connectivity index is 1.51. The highest BCUT2D eigenvalue weighted by Crippen LogP contribution is 2.20. The number of hydrogen-bond acceptors (Lipinski definition) is 6. The first-order chi connectivity index (χ1) is 14.1. The summed E-state index contributed by atoms with van der Waals surface area (Å²) in [4.78, 5) is 12.9. The number of anilines is 3. The van der Waals surface area contributed by atoms with Crippen molar-refractivity contribution >= 4 is 34.8 Å². The molecule has 0 atom stereocenters. The maximum atomic E-state index is 5.47. The van der Waals surface area contributed by atoms with Crippen LogP contribution >= 0.6 is 12.2 Å². The molecule has 152 valence electrons. The van der Waals surface area contributed by atoms with Crippen molar-refractivity contribution in [1.82, 2.24) is 24.8 Å². The summed E-state index contributed by atoms with van der Waals surface area (Å²) in [5.41, 5.74) is 1.75. The molecule has 0 radical (unpaired) electrons. The molecule has 0 aliphatic rings. The molecule has 3 aromatic rings. The lowest BCUT2D eigenvalue weighted by molar-refractivity contribution is 0.340. The fraction of sp³-hybridized carbons (Fsp3) is 0.300. The Kier molecular flexibility index (Phi) is 7.34. The highest BCUT2D eigenvalue weighted by Gasteiger charge is 2.05. The Morgan fingerprint density at radius 1 is 1.21 bits per heavy atom. The molecule has 0 fully saturated rings. The van der Waals surface area contributed by atoms with Crippen molar-refractivity contribution in [1.29, 1.82) is 0 Å². The number of rotatable bonds is 9. The number of nitrogens with zero attached hydrogens (tertiary/aromatic N) is 4. The van der Waals surface area contributed by atoms with Gasteiger partial charge >= 0.3 is 0 Å². The van der Waals surface area contributed by atoms with Crippen LogP contribution < -0.4 is 20.7 Å². The molecule has 0 aliphatic carbocycles. The number of nitrogens with one attached hydrogen (secondary N) is 3. The number of benzene rings is 1. The number of thiocarbonyl (C=S) groups is 1. The fourth-order valence-electron chi connectivity index (χ4n) is 2.67. The molecule has 0 amide bonds. The second-order valence-electron chi connectivity index (χ2n) is 6.34. The molecule has 2 heterocycles. The maximum absolute atomic E-state index is 5.47. The summed E-state index contributed by atoms with van der Waals surface area (Å²) in [7, 11) is 0. The predicted molar refractivity (Wildman–Crippen MR) is 119 cm³/mol. The molecule has 0 bridgehead atoms. The van der Waals surface area contributed by atoms with Gasteiger partial charge in [0.1, 0.15) is 11.6 Å². The minimum absolute atomic E-state index is 0.450. The molecule has 29 heavy (non-hydrogen) atoms. The second-order valence-corrected chi connectivity index (χ2v) is 6.74. The highest BCUT2D eigenvalue weighted by molar-refractivity contribution is 7.80. The topological polar surface area (TPSA) is 88.9 Å². The first-order valence-electron chi connectivity index (χ1n) is 9.48. The van der Waals surface area contributed by atoms with E-state index in [1.165, 1.54) is 0 Å². The quantitative estimate of drug-likeness (QED) is 0.364. The van der Waals surface area contributed by atoms with Crippen molar-refractivity contribution in [3.8, 4) is 5.75 Å². The number of hydrogen-bond donors (Lipinski definition) is 3. The molecule has 0 unspecified atom stereocenters. The average molecular weight is 412 g/mol. The molecule has 9 heteroatoms. The van der Waals surface area contributed by atoms with Crippen molar-refractivity contribution in [2.45, 2.75) is 26.8 Å². The van der Waals surface area contributed by atoms with Crippen LogP contribution in [-0.2, 0) is 6.54 Å². The molecular weight excluding hydrogens is 386 g/mol. The molecule has 0 spiro atoms. The van der Waals surface area contributed by atoms with Crippen LogP contribution in [-0.4, -0.2) is 37.8 Å².